The molecular formula is C21H20N4O2S. The van der Waals surface area contributed by atoms with Crippen molar-refractivity contribution in [3.8, 4) is 5.75 Å². The fourth-order valence-electron chi connectivity index (χ4n) is 3.17. The Morgan fingerprint density at radius 1 is 1.29 bits per heavy atom. The van der Waals surface area contributed by atoms with Crippen LogP contribution in [-0.2, 0) is 4.79 Å². The average Bonchev–Trinajstić information content (AvgIpc) is 2.72. The van der Waals surface area contributed by atoms with Gasteiger partial charge in [-0.05, 0) is 24.0 Å². The van der Waals surface area contributed by atoms with Gasteiger partial charge < -0.3 is 4.74 Å². The minimum atomic E-state index is -0.448. The van der Waals surface area contributed by atoms with E-state index in [0.29, 0.717) is 17.5 Å². The van der Waals surface area contributed by atoms with Crippen molar-refractivity contribution in [2.45, 2.75) is 13.1 Å². The number of rotatable bonds is 5. The van der Waals surface area contributed by atoms with Crippen LogP contribution in [0.4, 0.5) is 0 Å². The molecule has 0 radical (unpaired) electrons. The van der Waals surface area contributed by atoms with Gasteiger partial charge in [0.2, 0.25) is 0 Å². The van der Waals surface area contributed by atoms with E-state index in [1.165, 1.54) is 11.8 Å². The van der Waals surface area contributed by atoms with Crippen molar-refractivity contribution in [1.82, 2.24) is 10.3 Å². The van der Waals surface area contributed by atoms with E-state index in [9.17, 15) is 4.79 Å². The molecule has 2 heterocycles. The highest BCUT2D eigenvalue weighted by atomic mass is 32.2. The lowest BCUT2D eigenvalue weighted by Gasteiger charge is -2.34. The number of para-hydroxylation sites is 1. The summed E-state index contributed by atoms with van der Waals surface area (Å²) < 4.78 is 5.67. The Labute approximate surface area is 167 Å². The number of hydrogen-bond acceptors (Lipinski definition) is 6. The summed E-state index contributed by atoms with van der Waals surface area (Å²) in [6, 6.07) is 15.3. The van der Waals surface area contributed by atoms with Gasteiger partial charge in [0.15, 0.2) is 11.3 Å². The Kier molecular flexibility index (Phi) is 5.16. The fourth-order valence-corrected chi connectivity index (χ4v) is 3.75. The number of hydrazone groups is 1. The molecule has 1 atom stereocenters. The number of amides is 1. The summed E-state index contributed by atoms with van der Waals surface area (Å²) >= 11 is 1.49. The number of carbonyl (C=O) groups excluding carboxylic acids is 1. The van der Waals surface area contributed by atoms with Gasteiger partial charge in [0, 0.05) is 10.8 Å². The number of hydrogen-bond donors (Lipinski definition) is 1. The molecule has 4 rings (SSSR count). The average molecular weight is 392 g/mol. The molecule has 142 valence electrons. The van der Waals surface area contributed by atoms with Crippen molar-refractivity contribution in [2.75, 3.05) is 12.4 Å². The first-order valence-corrected chi connectivity index (χ1v) is 10.0. The van der Waals surface area contributed by atoms with E-state index in [4.69, 9.17) is 9.73 Å². The summed E-state index contributed by atoms with van der Waals surface area (Å²) in [7, 11) is 0. The van der Waals surface area contributed by atoms with Crippen molar-refractivity contribution in [1.29, 1.82) is 0 Å². The van der Waals surface area contributed by atoms with E-state index in [1.54, 1.807) is 11.1 Å². The molecule has 0 aromatic heterocycles. The van der Waals surface area contributed by atoms with Gasteiger partial charge in [-0.15, -0.1) is 5.10 Å². The monoisotopic (exact) mass is 392 g/mol. The molecule has 2 aromatic rings. The van der Waals surface area contributed by atoms with Crippen LogP contribution in [0.25, 0.3) is 5.70 Å². The van der Waals surface area contributed by atoms with Crippen LogP contribution in [0.3, 0.4) is 0 Å². The first-order valence-electron chi connectivity index (χ1n) is 9.04. The van der Waals surface area contributed by atoms with Crippen LogP contribution in [0.2, 0.25) is 0 Å². The molecule has 2 aliphatic rings. The zero-order valence-corrected chi connectivity index (χ0v) is 16.3. The highest BCUT2D eigenvalue weighted by Crippen LogP contribution is 2.32. The Morgan fingerprint density at radius 2 is 2.14 bits per heavy atom. The second-order valence-electron chi connectivity index (χ2n) is 6.18. The van der Waals surface area contributed by atoms with Crippen LogP contribution in [0.15, 0.2) is 71.3 Å². The van der Waals surface area contributed by atoms with Gasteiger partial charge in [0.1, 0.15) is 18.1 Å². The summed E-state index contributed by atoms with van der Waals surface area (Å²) in [4.78, 5) is 17.8. The van der Waals surface area contributed by atoms with Crippen LogP contribution in [0.5, 0.6) is 5.75 Å². The van der Waals surface area contributed by atoms with Gasteiger partial charge >= 0.3 is 0 Å². The molecular weight excluding hydrogens is 372 g/mol. The molecule has 0 saturated heterocycles. The van der Waals surface area contributed by atoms with Crippen LogP contribution in [0, 0.1) is 0 Å². The molecule has 0 fully saturated rings. The molecule has 0 bridgehead atoms. The number of nitrogens with one attached hydrogen (secondary N) is 1. The summed E-state index contributed by atoms with van der Waals surface area (Å²) in [5.41, 5.74) is 1.40. The molecule has 0 aliphatic carbocycles. The number of carbonyl (C=O) groups is 1. The standard InChI is InChI=1S/C21H20N4O2S/c1-3-12-27-15-9-7-8-14(13-15)19-22-17-11-6-5-10-16(17)18-20(26)23-21(28-4-2)24-25(18)19/h3,5-11,13,19H,1,4,12H2,2H3,(H,23,24,26)/t19-/m1/s1. The predicted molar refractivity (Wildman–Crippen MR) is 111 cm³/mol. The first-order chi connectivity index (χ1) is 13.7. The van der Waals surface area contributed by atoms with E-state index in [2.05, 4.69) is 17.0 Å². The van der Waals surface area contributed by atoms with Gasteiger partial charge in [-0.3, -0.25) is 15.1 Å². The number of fused-ring (bicyclic) bond motifs is 2. The second kappa shape index (κ2) is 7.90. The van der Waals surface area contributed by atoms with E-state index in [-0.39, 0.29) is 5.91 Å². The Bertz CT molecular complexity index is 1080. The molecule has 0 spiro atoms. The van der Waals surface area contributed by atoms with Crippen molar-refractivity contribution in [3.63, 3.8) is 0 Å². The highest BCUT2D eigenvalue weighted by Gasteiger charge is 2.34. The quantitative estimate of drug-likeness (QED) is 0.792. The van der Waals surface area contributed by atoms with Crippen LogP contribution in [0.1, 0.15) is 18.7 Å². The van der Waals surface area contributed by atoms with Gasteiger partial charge in [0.25, 0.3) is 5.91 Å². The Hall–Kier alpha value is -3.06. The number of thioether (sulfide) groups is 1. The summed E-state index contributed by atoms with van der Waals surface area (Å²) in [5, 5.41) is 11.4. The minimum absolute atomic E-state index is 0.169. The highest BCUT2D eigenvalue weighted by molar-refractivity contribution is 8.13. The lowest BCUT2D eigenvalue weighted by atomic mass is 10.1. The normalized spacial score (nSPS) is 17.7. The molecule has 6 nitrogen and oxygen atoms in total. The maximum Gasteiger partial charge on any atom is 0.276 e. The Balaban J connectivity index is 1.86. The lowest BCUT2D eigenvalue weighted by Crippen LogP contribution is -2.50. The number of nitrogens with zero attached hydrogens (tertiary/aromatic N) is 3. The van der Waals surface area contributed by atoms with Crippen LogP contribution < -0.4 is 20.6 Å². The van der Waals surface area contributed by atoms with Crippen molar-refractivity contribution < 1.29 is 9.53 Å². The van der Waals surface area contributed by atoms with Crippen LogP contribution in [-0.4, -0.2) is 28.4 Å². The van der Waals surface area contributed by atoms with E-state index < -0.39 is 6.17 Å². The summed E-state index contributed by atoms with van der Waals surface area (Å²) in [6.07, 6.45) is 1.25. The zero-order valence-electron chi connectivity index (χ0n) is 15.5. The zero-order chi connectivity index (χ0) is 19.5. The predicted octanol–water partition coefficient (Wildman–Crippen LogP) is 2.15. The molecule has 1 amide bonds. The molecule has 7 heteroatoms. The Morgan fingerprint density at radius 3 is 2.96 bits per heavy atom. The molecule has 0 unspecified atom stereocenters. The number of amidine groups is 1. The van der Waals surface area contributed by atoms with Crippen molar-refractivity contribution in [3.05, 3.63) is 77.3 Å². The number of benzene rings is 2. The second-order valence-corrected chi connectivity index (χ2v) is 7.43. The molecule has 28 heavy (non-hydrogen) atoms. The van der Waals surface area contributed by atoms with Crippen molar-refractivity contribution in [2.24, 2.45) is 10.1 Å². The fraction of sp³-hybridized carbons (Fsp3) is 0.190. The third-order valence-electron chi connectivity index (χ3n) is 4.32. The van der Waals surface area contributed by atoms with Gasteiger partial charge in [-0.1, -0.05) is 61.7 Å². The lowest BCUT2D eigenvalue weighted by molar-refractivity contribution is -0.116. The molecule has 1 N–H and O–H groups in total. The third-order valence-corrected chi connectivity index (χ3v) is 5.07. The first kappa shape index (κ1) is 18.3. The maximum atomic E-state index is 12.9. The maximum absolute atomic E-state index is 12.9. The molecule has 0 saturated carbocycles. The largest absolute Gasteiger partial charge is 0.490 e. The summed E-state index contributed by atoms with van der Waals surface area (Å²) in [6.45, 7) is 6.13. The third kappa shape index (κ3) is 3.41. The van der Waals surface area contributed by atoms with E-state index in [1.807, 2.05) is 55.5 Å². The number of ether oxygens (including phenoxy) is 1. The summed E-state index contributed by atoms with van der Waals surface area (Å²) in [5.74, 6) is 1.37. The minimum Gasteiger partial charge on any atom is -0.490 e. The van der Waals surface area contributed by atoms with Gasteiger partial charge in [-0.25, -0.2) is 5.01 Å². The van der Waals surface area contributed by atoms with Gasteiger partial charge in [0.05, 0.1) is 5.36 Å². The van der Waals surface area contributed by atoms with Gasteiger partial charge in [-0.2, -0.15) is 0 Å². The smallest absolute Gasteiger partial charge is 0.276 e. The topological polar surface area (TPSA) is 66.3 Å². The van der Waals surface area contributed by atoms with Crippen LogP contribution >= 0.6 is 11.8 Å². The van der Waals surface area contributed by atoms with E-state index >= 15 is 0 Å². The molecule has 2 aliphatic heterocycles. The SMILES string of the molecule is C=CCOc1cccc([C@@H]2N=c3ccccc3=C3C(=O)NC(SCC)=NN32)c1. The van der Waals surface area contributed by atoms with Crippen molar-refractivity contribution >= 4 is 28.5 Å². The molecule has 2 aromatic carbocycles. The van der Waals surface area contributed by atoms with E-state index in [0.717, 1.165) is 27.6 Å².